The lowest BCUT2D eigenvalue weighted by atomic mass is 10.0. The highest BCUT2D eigenvalue weighted by atomic mass is 32.2. The Kier molecular flexibility index (Phi) is 11.3. The van der Waals surface area contributed by atoms with E-state index in [1.165, 1.54) is 11.8 Å². The molecule has 0 saturated carbocycles. The molecule has 136 valence electrons. The molecule has 0 saturated heterocycles. The first-order valence-corrected chi connectivity index (χ1v) is 9.26. The molecule has 0 rings (SSSR count). The second kappa shape index (κ2) is 11.7. The summed E-state index contributed by atoms with van der Waals surface area (Å²) in [5.41, 5.74) is 0. The minimum atomic E-state index is -0.930. The molecule has 0 aliphatic carbocycles. The molecule has 0 fully saturated rings. The number of carbonyl (C=O) groups excluding carboxylic acids is 2. The highest BCUT2D eigenvalue weighted by Gasteiger charge is 2.26. The van der Waals surface area contributed by atoms with E-state index in [9.17, 15) is 14.7 Å². The summed E-state index contributed by atoms with van der Waals surface area (Å²) >= 11 is 1.62. The van der Waals surface area contributed by atoms with Crippen LogP contribution in [-0.4, -0.2) is 58.4 Å². The first-order valence-electron chi connectivity index (χ1n) is 8.10. The maximum atomic E-state index is 12.0. The van der Waals surface area contributed by atoms with Crippen LogP contribution in [0.15, 0.2) is 0 Å². The zero-order chi connectivity index (χ0) is 18.0. The van der Waals surface area contributed by atoms with Gasteiger partial charge in [0.2, 0.25) is 11.8 Å². The van der Waals surface area contributed by atoms with Crippen LogP contribution in [0, 0.1) is 5.92 Å². The van der Waals surface area contributed by atoms with Crippen molar-refractivity contribution in [2.24, 2.45) is 5.92 Å². The van der Waals surface area contributed by atoms with Crippen molar-refractivity contribution < 1.29 is 19.4 Å². The highest BCUT2D eigenvalue weighted by molar-refractivity contribution is 7.99. The van der Waals surface area contributed by atoms with E-state index < -0.39 is 12.1 Å². The van der Waals surface area contributed by atoms with Gasteiger partial charge in [-0.3, -0.25) is 9.59 Å². The van der Waals surface area contributed by atoms with Crippen molar-refractivity contribution in [2.75, 3.05) is 18.4 Å². The molecule has 2 N–H and O–H groups in total. The van der Waals surface area contributed by atoms with Crippen LogP contribution in [0.5, 0.6) is 0 Å². The van der Waals surface area contributed by atoms with Crippen LogP contribution in [0.1, 0.15) is 48.0 Å². The first kappa shape index (κ1) is 22.2. The highest BCUT2D eigenvalue weighted by Crippen LogP contribution is 2.11. The standard InChI is InChI=1S/C16H32N2O4S/c1-7-23-10-22-9-18(14(6)19)13(5)15(20)8-16(21)17-12(4)11(2)3/h11-13,15,20H,7-10H2,1-6H3,(H,17,21). The third-order valence-electron chi connectivity index (χ3n) is 3.84. The van der Waals surface area contributed by atoms with E-state index in [0.717, 1.165) is 5.75 Å². The Hall–Kier alpha value is -0.790. The number of ether oxygens (including phenoxy) is 1. The van der Waals surface area contributed by atoms with Gasteiger partial charge in [0.1, 0.15) is 6.73 Å². The summed E-state index contributed by atoms with van der Waals surface area (Å²) in [6, 6.07) is -0.442. The largest absolute Gasteiger partial charge is 0.390 e. The van der Waals surface area contributed by atoms with Gasteiger partial charge in [-0.1, -0.05) is 20.8 Å². The van der Waals surface area contributed by atoms with Crippen molar-refractivity contribution >= 4 is 23.6 Å². The normalized spacial score (nSPS) is 15.1. The van der Waals surface area contributed by atoms with Crippen molar-refractivity contribution in [3.05, 3.63) is 0 Å². The van der Waals surface area contributed by atoms with E-state index in [1.807, 2.05) is 27.7 Å². The van der Waals surface area contributed by atoms with E-state index in [-0.39, 0.29) is 31.0 Å². The molecule has 0 aliphatic heterocycles. The summed E-state index contributed by atoms with van der Waals surface area (Å²) in [6.45, 7) is 11.3. The van der Waals surface area contributed by atoms with Crippen LogP contribution < -0.4 is 5.32 Å². The zero-order valence-electron chi connectivity index (χ0n) is 15.2. The number of carbonyl (C=O) groups is 2. The van der Waals surface area contributed by atoms with Gasteiger partial charge in [-0.05, 0) is 25.5 Å². The van der Waals surface area contributed by atoms with Gasteiger partial charge in [-0.2, -0.15) is 0 Å². The number of amides is 2. The third-order valence-corrected chi connectivity index (χ3v) is 4.58. The molecule has 0 radical (unpaired) electrons. The smallest absolute Gasteiger partial charge is 0.222 e. The quantitative estimate of drug-likeness (QED) is 0.440. The fourth-order valence-corrected chi connectivity index (χ4v) is 2.18. The lowest BCUT2D eigenvalue weighted by Gasteiger charge is -2.31. The number of hydrogen-bond donors (Lipinski definition) is 2. The molecule has 0 heterocycles. The monoisotopic (exact) mass is 348 g/mol. The maximum Gasteiger partial charge on any atom is 0.222 e. The molecule has 3 unspecified atom stereocenters. The molecule has 6 nitrogen and oxygen atoms in total. The number of aliphatic hydroxyl groups excluding tert-OH is 1. The number of hydrogen-bond acceptors (Lipinski definition) is 5. The predicted molar refractivity (Wildman–Crippen MR) is 94.0 cm³/mol. The van der Waals surface area contributed by atoms with Crippen molar-refractivity contribution in [1.82, 2.24) is 10.2 Å². The summed E-state index contributed by atoms with van der Waals surface area (Å²) in [7, 11) is 0. The Labute approximate surface area is 144 Å². The molecule has 0 aromatic heterocycles. The third kappa shape index (κ3) is 9.17. The molecule has 7 heteroatoms. The Morgan fingerprint density at radius 1 is 1.26 bits per heavy atom. The molecular weight excluding hydrogens is 316 g/mol. The molecule has 0 aromatic carbocycles. The van der Waals surface area contributed by atoms with Crippen LogP contribution in [0.2, 0.25) is 0 Å². The van der Waals surface area contributed by atoms with E-state index in [4.69, 9.17) is 4.74 Å². The Morgan fingerprint density at radius 3 is 2.35 bits per heavy atom. The SMILES string of the molecule is CCSCOCN(C(C)=O)C(C)C(O)CC(=O)NC(C)C(C)C. The molecule has 23 heavy (non-hydrogen) atoms. The lowest BCUT2D eigenvalue weighted by molar-refractivity contribution is -0.141. The minimum absolute atomic E-state index is 0.0360. The number of nitrogens with one attached hydrogen (secondary N) is 1. The second-order valence-electron chi connectivity index (χ2n) is 6.04. The summed E-state index contributed by atoms with van der Waals surface area (Å²) in [4.78, 5) is 25.1. The average molecular weight is 349 g/mol. The van der Waals surface area contributed by atoms with Gasteiger partial charge in [-0.15, -0.1) is 11.8 Å². The lowest BCUT2D eigenvalue weighted by Crippen LogP contribution is -2.47. The molecule has 0 spiro atoms. The van der Waals surface area contributed by atoms with Crippen LogP contribution in [-0.2, 0) is 14.3 Å². The molecule has 0 aliphatic rings. The second-order valence-corrected chi connectivity index (χ2v) is 7.27. The van der Waals surface area contributed by atoms with E-state index in [0.29, 0.717) is 11.9 Å². The molecule has 0 bridgehead atoms. The van der Waals surface area contributed by atoms with Gasteiger partial charge in [0.15, 0.2) is 0 Å². The Bertz CT molecular complexity index is 366. The summed E-state index contributed by atoms with van der Waals surface area (Å²) < 4.78 is 5.43. The fourth-order valence-electron chi connectivity index (χ4n) is 1.82. The van der Waals surface area contributed by atoms with Crippen molar-refractivity contribution in [2.45, 2.75) is 66.2 Å². The minimum Gasteiger partial charge on any atom is -0.390 e. The summed E-state index contributed by atoms with van der Waals surface area (Å²) in [6.07, 6.45) is -0.966. The van der Waals surface area contributed by atoms with Crippen LogP contribution in [0.4, 0.5) is 0 Å². The van der Waals surface area contributed by atoms with Gasteiger partial charge >= 0.3 is 0 Å². The first-order chi connectivity index (χ1) is 10.7. The van der Waals surface area contributed by atoms with E-state index in [1.54, 1.807) is 18.7 Å². The number of aliphatic hydroxyl groups is 1. The predicted octanol–water partition coefficient (Wildman–Crippen LogP) is 1.82. The molecule has 3 atom stereocenters. The van der Waals surface area contributed by atoms with Crippen LogP contribution in [0.25, 0.3) is 0 Å². The average Bonchev–Trinajstić information content (AvgIpc) is 2.45. The number of thioether (sulfide) groups is 1. The van der Waals surface area contributed by atoms with E-state index >= 15 is 0 Å². The van der Waals surface area contributed by atoms with Gasteiger partial charge < -0.3 is 20.1 Å². The number of nitrogens with zero attached hydrogens (tertiary/aromatic N) is 1. The number of rotatable bonds is 11. The van der Waals surface area contributed by atoms with Crippen molar-refractivity contribution in [1.29, 1.82) is 0 Å². The van der Waals surface area contributed by atoms with Gasteiger partial charge in [0.25, 0.3) is 0 Å². The maximum absolute atomic E-state index is 12.0. The molecular formula is C16H32N2O4S. The van der Waals surface area contributed by atoms with Crippen molar-refractivity contribution in [3.63, 3.8) is 0 Å². The summed E-state index contributed by atoms with van der Waals surface area (Å²) in [5, 5.41) is 13.1. The Balaban J connectivity index is 4.47. The van der Waals surface area contributed by atoms with Crippen LogP contribution in [0.3, 0.4) is 0 Å². The molecule has 2 amide bonds. The Morgan fingerprint density at radius 2 is 1.87 bits per heavy atom. The molecule has 0 aromatic rings. The van der Waals surface area contributed by atoms with E-state index in [2.05, 4.69) is 5.32 Å². The topological polar surface area (TPSA) is 78.9 Å². The van der Waals surface area contributed by atoms with Crippen LogP contribution >= 0.6 is 11.8 Å². The van der Waals surface area contributed by atoms with Gasteiger partial charge in [-0.25, -0.2) is 0 Å². The fraction of sp³-hybridized carbons (Fsp3) is 0.875. The van der Waals surface area contributed by atoms with Gasteiger partial charge in [0.05, 0.1) is 24.5 Å². The van der Waals surface area contributed by atoms with Crippen molar-refractivity contribution in [3.8, 4) is 0 Å². The summed E-state index contributed by atoms with van der Waals surface area (Å²) in [5.74, 6) is 1.36. The van der Waals surface area contributed by atoms with Gasteiger partial charge in [0, 0.05) is 13.0 Å². The zero-order valence-corrected chi connectivity index (χ0v) is 16.0.